The summed E-state index contributed by atoms with van der Waals surface area (Å²) in [7, 11) is 0. The molecule has 0 aliphatic carbocycles. The predicted octanol–water partition coefficient (Wildman–Crippen LogP) is 4.25. The van der Waals surface area contributed by atoms with Crippen molar-refractivity contribution in [2.24, 2.45) is 0 Å². The van der Waals surface area contributed by atoms with Crippen molar-refractivity contribution in [1.82, 2.24) is 0 Å². The molecule has 0 unspecified atom stereocenters. The molecule has 0 atom stereocenters. The SMILES string of the molecule is O=C(Oc1ccc([N+](=O)[O-])cc1)c1ccc(NC2=C(Cl)C(=O)N(c3ccccc3)C2=O)cc1. The van der Waals surface area contributed by atoms with Gasteiger partial charge >= 0.3 is 5.97 Å². The Labute approximate surface area is 192 Å². The number of nitro benzene ring substituents is 1. The molecule has 0 saturated heterocycles. The number of esters is 1. The molecule has 9 nitrogen and oxygen atoms in total. The number of rotatable bonds is 6. The highest BCUT2D eigenvalue weighted by molar-refractivity contribution is 6.53. The van der Waals surface area contributed by atoms with Gasteiger partial charge in [-0.3, -0.25) is 19.7 Å². The number of anilines is 2. The lowest BCUT2D eigenvalue weighted by Crippen LogP contribution is -2.32. The molecule has 3 aromatic rings. The van der Waals surface area contributed by atoms with E-state index in [1.54, 1.807) is 30.3 Å². The molecule has 1 N–H and O–H groups in total. The molecule has 1 aliphatic rings. The smallest absolute Gasteiger partial charge is 0.343 e. The van der Waals surface area contributed by atoms with Crippen molar-refractivity contribution >= 4 is 46.4 Å². The number of nitro groups is 1. The number of nitrogens with zero attached hydrogens (tertiary/aromatic N) is 2. The first-order valence-corrected chi connectivity index (χ1v) is 9.90. The molecule has 0 spiro atoms. The van der Waals surface area contributed by atoms with Crippen LogP contribution in [0.2, 0.25) is 0 Å². The van der Waals surface area contributed by atoms with Crippen LogP contribution in [0, 0.1) is 10.1 Å². The third-order valence-corrected chi connectivity index (χ3v) is 5.04. The van der Waals surface area contributed by atoms with Gasteiger partial charge in [-0.15, -0.1) is 0 Å². The van der Waals surface area contributed by atoms with E-state index < -0.39 is 22.7 Å². The fourth-order valence-electron chi connectivity index (χ4n) is 3.06. The zero-order valence-electron chi connectivity index (χ0n) is 16.7. The number of ether oxygens (including phenoxy) is 1. The summed E-state index contributed by atoms with van der Waals surface area (Å²) in [6.07, 6.45) is 0. The summed E-state index contributed by atoms with van der Waals surface area (Å²) in [6.45, 7) is 0. The van der Waals surface area contributed by atoms with Crippen LogP contribution in [-0.2, 0) is 9.59 Å². The Kier molecular flexibility index (Phi) is 5.88. The zero-order chi connectivity index (χ0) is 23.5. The quantitative estimate of drug-likeness (QED) is 0.191. The van der Waals surface area contributed by atoms with Crippen molar-refractivity contribution in [2.75, 3.05) is 10.2 Å². The van der Waals surface area contributed by atoms with E-state index in [2.05, 4.69) is 5.32 Å². The lowest BCUT2D eigenvalue weighted by Gasteiger charge is -2.14. The van der Waals surface area contributed by atoms with E-state index in [9.17, 15) is 24.5 Å². The van der Waals surface area contributed by atoms with Gasteiger partial charge in [-0.1, -0.05) is 29.8 Å². The monoisotopic (exact) mass is 463 g/mol. The van der Waals surface area contributed by atoms with Crippen molar-refractivity contribution in [3.8, 4) is 5.75 Å². The minimum Gasteiger partial charge on any atom is -0.423 e. The lowest BCUT2D eigenvalue weighted by molar-refractivity contribution is -0.384. The molecule has 0 bridgehead atoms. The van der Waals surface area contributed by atoms with Gasteiger partial charge in [-0.2, -0.15) is 0 Å². The predicted molar refractivity (Wildman–Crippen MR) is 120 cm³/mol. The summed E-state index contributed by atoms with van der Waals surface area (Å²) in [5.74, 6) is -1.76. The van der Waals surface area contributed by atoms with Crippen LogP contribution < -0.4 is 15.0 Å². The van der Waals surface area contributed by atoms with Crippen LogP contribution in [-0.4, -0.2) is 22.7 Å². The first-order valence-electron chi connectivity index (χ1n) is 9.52. The van der Waals surface area contributed by atoms with Gasteiger partial charge in [-0.05, 0) is 48.5 Å². The number of imide groups is 1. The fraction of sp³-hybridized carbons (Fsp3) is 0. The molecule has 0 fully saturated rings. The van der Waals surface area contributed by atoms with Gasteiger partial charge < -0.3 is 10.1 Å². The maximum absolute atomic E-state index is 12.8. The Morgan fingerprint density at radius 3 is 2.15 bits per heavy atom. The molecule has 0 saturated carbocycles. The minimum absolute atomic E-state index is 0.0771. The van der Waals surface area contributed by atoms with Crippen LogP contribution in [0.3, 0.4) is 0 Å². The zero-order valence-corrected chi connectivity index (χ0v) is 17.5. The van der Waals surface area contributed by atoms with Gasteiger partial charge in [0, 0.05) is 17.8 Å². The number of amides is 2. The average molecular weight is 464 g/mol. The Hall–Kier alpha value is -4.50. The molecule has 10 heteroatoms. The van der Waals surface area contributed by atoms with Crippen molar-refractivity contribution in [3.63, 3.8) is 0 Å². The normalized spacial score (nSPS) is 13.3. The van der Waals surface area contributed by atoms with Gasteiger partial charge in [0.05, 0.1) is 16.2 Å². The minimum atomic E-state index is -0.671. The van der Waals surface area contributed by atoms with Gasteiger partial charge in [0.1, 0.15) is 16.5 Å². The van der Waals surface area contributed by atoms with Crippen molar-refractivity contribution in [1.29, 1.82) is 0 Å². The Morgan fingerprint density at radius 1 is 0.909 bits per heavy atom. The number of halogens is 1. The van der Waals surface area contributed by atoms with Crippen LogP contribution in [0.25, 0.3) is 0 Å². The van der Waals surface area contributed by atoms with Crippen molar-refractivity contribution < 1.29 is 24.0 Å². The highest BCUT2D eigenvalue weighted by Crippen LogP contribution is 2.30. The molecule has 33 heavy (non-hydrogen) atoms. The van der Waals surface area contributed by atoms with E-state index in [0.717, 1.165) is 4.90 Å². The number of nitrogens with one attached hydrogen (secondary N) is 1. The van der Waals surface area contributed by atoms with E-state index >= 15 is 0 Å². The Morgan fingerprint density at radius 2 is 1.55 bits per heavy atom. The second-order valence-corrected chi connectivity index (χ2v) is 7.19. The highest BCUT2D eigenvalue weighted by Gasteiger charge is 2.38. The van der Waals surface area contributed by atoms with Gasteiger partial charge in [0.25, 0.3) is 17.5 Å². The number of carbonyl (C=O) groups excluding carboxylic acids is 3. The Balaban J connectivity index is 1.45. The van der Waals surface area contributed by atoms with E-state index in [0.29, 0.717) is 11.4 Å². The second-order valence-electron chi connectivity index (χ2n) is 6.81. The third-order valence-electron chi connectivity index (χ3n) is 4.69. The van der Waals surface area contributed by atoms with Crippen LogP contribution in [0.15, 0.2) is 89.6 Å². The van der Waals surface area contributed by atoms with E-state index in [1.807, 2.05) is 0 Å². The molecule has 0 radical (unpaired) electrons. The molecule has 3 aromatic carbocycles. The van der Waals surface area contributed by atoms with Crippen LogP contribution in [0.1, 0.15) is 10.4 Å². The molecule has 1 aliphatic heterocycles. The lowest BCUT2D eigenvalue weighted by atomic mass is 10.2. The summed E-state index contributed by atoms with van der Waals surface area (Å²) in [5.41, 5.74) is 0.826. The number of hydrogen-bond donors (Lipinski definition) is 1. The summed E-state index contributed by atoms with van der Waals surface area (Å²) in [4.78, 5) is 48.7. The summed E-state index contributed by atoms with van der Waals surface area (Å²) in [5, 5.41) is 13.3. The molecule has 1 heterocycles. The van der Waals surface area contributed by atoms with E-state index in [1.165, 1.54) is 48.5 Å². The molecule has 0 aromatic heterocycles. The maximum atomic E-state index is 12.8. The molecule has 4 rings (SSSR count). The average Bonchev–Trinajstić information content (AvgIpc) is 3.03. The first-order chi connectivity index (χ1) is 15.8. The number of non-ortho nitro benzene ring substituents is 1. The van der Waals surface area contributed by atoms with E-state index in [4.69, 9.17) is 16.3 Å². The van der Waals surface area contributed by atoms with E-state index in [-0.39, 0.29) is 27.7 Å². The standard InChI is InChI=1S/C23H14ClN3O6/c24-19-20(22(29)26(21(19)28)16-4-2-1-3-5-16)25-15-8-6-14(7-9-15)23(30)33-18-12-10-17(11-13-18)27(31)32/h1-13,25H. The first kappa shape index (κ1) is 21.7. The highest BCUT2D eigenvalue weighted by atomic mass is 35.5. The van der Waals surface area contributed by atoms with Crippen LogP contribution >= 0.6 is 11.6 Å². The maximum Gasteiger partial charge on any atom is 0.343 e. The molecular formula is C23H14ClN3O6. The number of benzene rings is 3. The largest absolute Gasteiger partial charge is 0.423 e. The van der Waals surface area contributed by atoms with Gasteiger partial charge in [0.2, 0.25) is 0 Å². The Bertz CT molecular complexity index is 1290. The van der Waals surface area contributed by atoms with Crippen LogP contribution in [0.4, 0.5) is 17.1 Å². The van der Waals surface area contributed by atoms with Gasteiger partial charge in [0.15, 0.2) is 0 Å². The number of hydrogen-bond acceptors (Lipinski definition) is 7. The molecule has 164 valence electrons. The summed E-state index contributed by atoms with van der Waals surface area (Å²) < 4.78 is 5.20. The summed E-state index contributed by atoms with van der Waals surface area (Å²) >= 11 is 6.11. The molecular weight excluding hydrogens is 450 g/mol. The fourth-order valence-corrected chi connectivity index (χ4v) is 3.27. The van der Waals surface area contributed by atoms with Crippen LogP contribution in [0.5, 0.6) is 5.75 Å². The van der Waals surface area contributed by atoms with Crippen molar-refractivity contribution in [3.05, 3.63) is 105 Å². The van der Waals surface area contributed by atoms with Gasteiger partial charge in [-0.25, -0.2) is 9.69 Å². The number of carbonyl (C=O) groups is 3. The number of para-hydroxylation sites is 1. The second kappa shape index (κ2) is 8.93. The molecule has 2 amide bonds. The third kappa shape index (κ3) is 4.43. The van der Waals surface area contributed by atoms with Crippen molar-refractivity contribution in [2.45, 2.75) is 0 Å². The summed E-state index contributed by atoms with van der Waals surface area (Å²) in [6, 6.07) is 19.5. The topological polar surface area (TPSA) is 119 Å².